The second-order valence-corrected chi connectivity index (χ2v) is 12.3. The van der Waals surface area contributed by atoms with Crippen molar-refractivity contribution < 1.29 is 29.0 Å². The number of rotatable bonds is 16. The molecule has 0 saturated carbocycles. The van der Waals surface area contributed by atoms with Crippen LogP contribution >= 0.6 is 0 Å². The summed E-state index contributed by atoms with van der Waals surface area (Å²) in [6.07, 6.45) is 6.32. The summed E-state index contributed by atoms with van der Waals surface area (Å²) in [6.45, 7) is 13.6. The third-order valence-electron chi connectivity index (χ3n) is 9.85. The Bertz CT molecular complexity index is 1390. The molecule has 2 amide bonds. The minimum Gasteiger partial charge on any atom is -0.465 e. The average molecular weight is 630 g/mol. The van der Waals surface area contributed by atoms with E-state index in [4.69, 9.17) is 9.47 Å². The fourth-order valence-corrected chi connectivity index (χ4v) is 7.69. The van der Waals surface area contributed by atoms with Crippen LogP contribution in [0.1, 0.15) is 57.6 Å². The van der Waals surface area contributed by atoms with Gasteiger partial charge in [-0.2, -0.15) is 0 Å². The monoisotopic (exact) mass is 629 g/mol. The summed E-state index contributed by atoms with van der Waals surface area (Å²) in [5, 5.41) is 10.8. The Balaban J connectivity index is 1.53. The maximum absolute atomic E-state index is 14.9. The molecule has 2 bridgehead atoms. The average Bonchev–Trinajstić information content (AvgIpc) is 3.73. The number of allylic oxidation sites excluding steroid dienone is 1. The first-order valence-corrected chi connectivity index (χ1v) is 16.6. The Kier molecular flexibility index (Phi) is 10.6. The SMILES string of the molecule is C=CCCCCOC(=O)[C@@H]1[C@@H]2CCC3(O2)C(C(=O)N(CC=C)c2ccc(N(CC)CC)cc2)N([C@H](CO)c2ccccc2)C(=O)[C@H]13. The molecule has 5 rings (SSSR count). The standard InChI is InChI=1S/C37H47N3O6/c1-5-9-10-14-24-45-36(44)31-30-21-22-37(46-30)32(31)34(42)40(29(25-41)26-15-12-11-13-16-26)33(37)35(43)39(23-6-2)28-19-17-27(18-20-28)38(7-3)8-4/h5-6,11-13,15-20,29-33,41H,1-2,7-10,14,21-25H2,3-4H3/t29-,30+,31-,32+,33?,37?/m1/s1. The highest BCUT2D eigenvalue weighted by Gasteiger charge is 2.75. The van der Waals surface area contributed by atoms with Crippen LogP contribution in [0.5, 0.6) is 0 Å². The lowest BCUT2D eigenvalue weighted by atomic mass is 9.70. The summed E-state index contributed by atoms with van der Waals surface area (Å²) in [6, 6.07) is 15.1. The number of nitrogens with zero attached hydrogens (tertiary/aromatic N) is 3. The lowest BCUT2D eigenvalue weighted by Gasteiger charge is -2.39. The van der Waals surface area contributed by atoms with Crippen molar-refractivity contribution in [1.82, 2.24) is 4.90 Å². The van der Waals surface area contributed by atoms with E-state index in [1.54, 1.807) is 11.0 Å². The highest BCUT2D eigenvalue weighted by Crippen LogP contribution is 2.60. The van der Waals surface area contributed by atoms with E-state index in [0.29, 0.717) is 30.5 Å². The molecule has 0 aliphatic carbocycles. The molecule has 0 radical (unpaired) electrons. The predicted octanol–water partition coefficient (Wildman–Crippen LogP) is 5.06. The quantitative estimate of drug-likeness (QED) is 0.158. The first-order valence-electron chi connectivity index (χ1n) is 16.6. The number of carbonyl (C=O) groups excluding carboxylic acids is 3. The summed E-state index contributed by atoms with van der Waals surface area (Å²) in [5.41, 5.74) is 1.18. The Morgan fingerprint density at radius 3 is 2.39 bits per heavy atom. The van der Waals surface area contributed by atoms with Crippen LogP contribution in [-0.2, 0) is 23.9 Å². The number of likely N-dealkylation sites (tertiary alicyclic amines) is 1. The second kappa shape index (κ2) is 14.6. The molecule has 3 saturated heterocycles. The van der Waals surface area contributed by atoms with Crippen LogP contribution in [0.4, 0.5) is 11.4 Å². The van der Waals surface area contributed by atoms with Crippen LogP contribution in [0.3, 0.4) is 0 Å². The number of anilines is 2. The van der Waals surface area contributed by atoms with Crippen LogP contribution in [0.15, 0.2) is 79.9 Å². The number of fused-ring (bicyclic) bond motifs is 1. The molecule has 3 heterocycles. The fourth-order valence-electron chi connectivity index (χ4n) is 7.69. The maximum atomic E-state index is 14.9. The molecular formula is C37H47N3O6. The van der Waals surface area contributed by atoms with Crippen molar-refractivity contribution in [2.45, 2.75) is 69.7 Å². The molecule has 3 aliphatic rings. The van der Waals surface area contributed by atoms with Crippen molar-refractivity contribution in [3.63, 3.8) is 0 Å². The largest absolute Gasteiger partial charge is 0.465 e. The highest BCUT2D eigenvalue weighted by atomic mass is 16.6. The highest BCUT2D eigenvalue weighted by molar-refractivity contribution is 6.05. The Hall–Kier alpha value is -3.95. The maximum Gasteiger partial charge on any atom is 0.312 e. The van der Waals surface area contributed by atoms with E-state index in [0.717, 1.165) is 31.6 Å². The first kappa shape index (κ1) is 33.4. The van der Waals surface area contributed by atoms with Gasteiger partial charge in [0.15, 0.2) is 0 Å². The van der Waals surface area contributed by atoms with Gasteiger partial charge < -0.3 is 29.3 Å². The van der Waals surface area contributed by atoms with Crippen molar-refractivity contribution in [3.8, 4) is 0 Å². The van der Waals surface area contributed by atoms with Gasteiger partial charge in [-0.05, 0) is 75.8 Å². The van der Waals surface area contributed by atoms with Crippen LogP contribution < -0.4 is 9.80 Å². The molecule has 2 aromatic carbocycles. The minimum atomic E-state index is -1.23. The molecule has 9 heteroatoms. The number of aliphatic hydroxyl groups is 1. The number of amides is 2. The summed E-state index contributed by atoms with van der Waals surface area (Å²) >= 11 is 0. The van der Waals surface area contributed by atoms with Crippen molar-refractivity contribution in [2.75, 3.05) is 42.6 Å². The Labute approximate surface area is 272 Å². The zero-order valence-corrected chi connectivity index (χ0v) is 27.1. The molecule has 3 fully saturated rings. The lowest BCUT2D eigenvalue weighted by Crippen LogP contribution is -2.57. The van der Waals surface area contributed by atoms with Crippen molar-refractivity contribution in [1.29, 1.82) is 0 Å². The molecule has 2 aromatic rings. The van der Waals surface area contributed by atoms with Gasteiger partial charge >= 0.3 is 5.97 Å². The third kappa shape index (κ3) is 5.98. The number of hydrogen-bond donors (Lipinski definition) is 1. The smallest absolute Gasteiger partial charge is 0.312 e. The van der Waals surface area contributed by atoms with E-state index < -0.39 is 48.2 Å². The van der Waals surface area contributed by atoms with Gasteiger partial charge in [0.05, 0.1) is 37.2 Å². The van der Waals surface area contributed by atoms with Crippen LogP contribution in [0, 0.1) is 11.8 Å². The number of unbranched alkanes of at least 4 members (excludes halogenated alkanes) is 2. The van der Waals surface area contributed by atoms with E-state index >= 15 is 0 Å². The predicted molar refractivity (Wildman–Crippen MR) is 178 cm³/mol. The van der Waals surface area contributed by atoms with E-state index in [9.17, 15) is 19.5 Å². The van der Waals surface area contributed by atoms with Gasteiger partial charge in [-0.3, -0.25) is 14.4 Å². The lowest BCUT2D eigenvalue weighted by molar-refractivity contribution is -0.156. The van der Waals surface area contributed by atoms with Crippen molar-refractivity contribution >= 4 is 29.2 Å². The van der Waals surface area contributed by atoms with Crippen LogP contribution in [-0.4, -0.2) is 78.4 Å². The molecule has 2 unspecified atom stereocenters. The first-order chi connectivity index (χ1) is 22.4. The number of aliphatic hydroxyl groups excluding tert-OH is 1. The topological polar surface area (TPSA) is 99.6 Å². The zero-order chi connectivity index (χ0) is 32.8. The summed E-state index contributed by atoms with van der Waals surface area (Å²) < 4.78 is 12.3. The molecule has 46 heavy (non-hydrogen) atoms. The van der Waals surface area contributed by atoms with Crippen LogP contribution in [0.2, 0.25) is 0 Å². The molecule has 3 aliphatic heterocycles. The van der Waals surface area contributed by atoms with E-state index in [1.165, 1.54) is 4.90 Å². The molecule has 9 nitrogen and oxygen atoms in total. The normalized spacial score (nSPS) is 25.2. The molecule has 0 aromatic heterocycles. The van der Waals surface area contributed by atoms with E-state index in [1.807, 2.05) is 60.7 Å². The van der Waals surface area contributed by atoms with Gasteiger partial charge in [0, 0.05) is 31.0 Å². The van der Waals surface area contributed by atoms with Gasteiger partial charge in [-0.25, -0.2) is 0 Å². The van der Waals surface area contributed by atoms with Crippen molar-refractivity contribution in [2.24, 2.45) is 11.8 Å². The summed E-state index contributed by atoms with van der Waals surface area (Å²) in [7, 11) is 0. The zero-order valence-electron chi connectivity index (χ0n) is 27.1. The third-order valence-corrected chi connectivity index (χ3v) is 9.85. The molecule has 246 valence electrons. The van der Waals surface area contributed by atoms with Crippen molar-refractivity contribution in [3.05, 3.63) is 85.5 Å². The summed E-state index contributed by atoms with van der Waals surface area (Å²) in [4.78, 5) is 48.5. The van der Waals surface area contributed by atoms with Gasteiger partial charge in [-0.15, -0.1) is 13.2 Å². The fraction of sp³-hybridized carbons (Fsp3) is 0.486. The summed E-state index contributed by atoms with van der Waals surface area (Å²) in [5.74, 6) is -2.88. The number of benzene rings is 2. The minimum absolute atomic E-state index is 0.206. The number of hydrogen-bond acceptors (Lipinski definition) is 7. The van der Waals surface area contributed by atoms with E-state index in [-0.39, 0.29) is 25.0 Å². The molecule has 1 spiro atoms. The molecular weight excluding hydrogens is 582 g/mol. The van der Waals surface area contributed by atoms with Gasteiger partial charge in [-0.1, -0.05) is 42.5 Å². The van der Waals surface area contributed by atoms with E-state index in [2.05, 4.69) is 31.9 Å². The van der Waals surface area contributed by atoms with Gasteiger partial charge in [0.1, 0.15) is 11.6 Å². The number of ether oxygens (including phenoxy) is 2. The number of carbonyl (C=O) groups is 3. The van der Waals surface area contributed by atoms with Gasteiger partial charge in [0.2, 0.25) is 5.91 Å². The molecule has 1 N–H and O–H groups in total. The Morgan fingerprint density at radius 2 is 1.76 bits per heavy atom. The Morgan fingerprint density at radius 1 is 1.07 bits per heavy atom. The molecule has 6 atom stereocenters. The second-order valence-electron chi connectivity index (χ2n) is 12.3. The number of esters is 1. The van der Waals surface area contributed by atoms with Crippen LogP contribution in [0.25, 0.3) is 0 Å². The van der Waals surface area contributed by atoms with Gasteiger partial charge in [0.25, 0.3) is 5.91 Å².